The monoisotopic (exact) mass is 375 g/mol. The molecule has 0 bridgehead atoms. The van der Waals surface area contributed by atoms with Crippen LogP contribution in [0.15, 0.2) is 18.2 Å². The first-order valence-corrected chi connectivity index (χ1v) is 8.51. The summed E-state index contributed by atoms with van der Waals surface area (Å²) >= 11 is 18.4. The molecule has 1 aromatic heterocycles. The van der Waals surface area contributed by atoms with E-state index in [0.717, 1.165) is 23.4 Å². The van der Waals surface area contributed by atoms with Crippen LogP contribution < -0.4 is 0 Å². The molecule has 7 heteroatoms. The lowest BCUT2D eigenvalue weighted by atomic mass is 10.1. The first kappa shape index (κ1) is 18.6. The summed E-state index contributed by atoms with van der Waals surface area (Å²) in [5, 5.41) is 15.2. The second-order valence-corrected chi connectivity index (χ2v) is 6.69. The number of aryl methyl sites for hydroxylation is 2. The minimum Gasteiger partial charge on any atom is -0.396 e. The highest BCUT2D eigenvalue weighted by Gasteiger charge is 2.16. The number of hydrogen-bond acceptors (Lipinski definition) is 3. The largest absolute Gasteiger partial charge is 0.396 e. The Morgan fingerprint density at radius 1 is 1.17 bits per heavy atom. The van der Waals surface area contributed by atoms with Gasteiger partial charge in [0, 0.05) is 38.9 Å². The van der Waals surface area contributed by atoms with E-state index >= 15 is 0 Å². The van der Waals surface area contributed by atoms with Gasteiger partial charge >= 0.3 is 0 Å². The fourth-order valence-electron chi connectivity index (χ4n) is 2.48. The van der Waals surface area contributed by atoms with Crippen LogP contribution in [0.2, 0.25) is 15.2 Å². The van der Waals surface area contributed by atoms with E-state index in [1.165, 1.54) is 0 Å². The second-order valence-electron chi connectivity index (χ2n) is 5.51. The lowest BCUT2D eigenvalue weighted by molar-refractivity contribution is 0.212. The smallest absolute Gasteiger partial charge is 0.131 e. The van der Waals surface area contributed by atoms with Crippen molar-refractivity contribution >= 4 is 34.8 Å². The topological polar surface area (TPSA) is 41.3 Å². The van der Waals surface area contributed by atoms with Gasteiger partial charge in [0.15, 0.2) is 0 Å². The molecule has 2 aromatic rings. The van der Waals surface area contributed by atoms with Gasteiger partial charge in [-0.2, -0.15) is 5.10 Å². The van der Waals surface area contributed by atoms with Crippen LogP contribution in [0.1, 0.15) is 23.2 Å². The van der Waals surface area contributed by atoms with Gasteiger partial charge in [-0.3, -0.25) is 9.58 Å². The maximum Gasteiger partial charge on any atom is 0.131 e. The molecule has 0 unspecified atom stereocenters. The van der Waals surface area contributed by atoms with Crippen LogP contribution in [0, 0.1) is 6.92 Å². The fourth-order valence-corrected chi connectivity index (χ4v) is 3.04. The van der Waals surface area contributed by atoms with Crippen LogP contribution in [-0.4, -0.2) is 32.9 Å². The lowest BCUT2D eigenvalue weighted by Crippen LogP contribution is -2.25. The molecule has 126 valence electrons. The normalized spacial score (nSPS) is 11.4. The maximum absolute atomic E-state index is 9.13. The first-order chi connectivity index (χ1) is 10.9. The van der Waals surface area contributed by atoms with Crippen LogP contribution in [0.3, 0.4) is 0 Å². The summed E-state index contributed by atoms with van der Waals surface area (Å²) in [4.78, 5) is 2.21. The molecule has 0 atom stereocenters. The van der Waals surface area contributed by atoms with Gasteiger partial charge in [-0.1, -0.05) is 40.9 Å². The summed E-state index contributed by atoms with van der Waals surface area (Å²) in [5.41, 5.74) is 2.99. The van der Waals surface area contributed by atoms with Crippen molar-refractivity contribution in [1.82, 2.24) is 14.7 Å². The molecule has 0 aliphatic carbocycles. The third-order valence-electron chi connectivity index (χ3n) is 3.67. The molecule has 23 heavy (non-hydrogen) atoms. The third-order valence-corrected chi connectivity index (χ3v) is 4.89. The molecule has 1 N–H and O–H groups in total. The van der Waals surface area contributed by atoms with E-state index in [2.05, 4.69) is 10.00 Å². The van der Waals surface area contributed by atoms with Crippen molar-refractivity contribution in [2.45, 2.75) is 26.4 Å². The Bertz CT molecular complexity index is 673. The average Bonchev–Trinajstić information content (AvgIpc) is 2.74. The molecule has 1 aromatic carbocycles. The second kappa shape index (κ2) is 8.36. The number of aliphatic hydroxyl groups is 1. The van der Waals surface area contributed by atoms with Gasteiger partial charge in [-0.15, -0.1) is 0 Å². The predicted molar refractivity (Wildman–Crippen MR) is 95.2 cm³/mol. The predicted octanol–water partition coefficient (Wildman–Crippen LogP) is 4.07. The Kier molecular flexibility index (Phi) is 6.74. The number of aromatic nitrogens is 2. The molecule has 0 amide bonds. The molecule has 0 radical (unpaired) electrons. The summed E-state index contributed by atoms with van der Waals surface area (Å²) in [6.07, 6.45) is 0.693. The van der Waals surface area contributed by atoms with E-state index in [1.54, 1.807) is 10.7 Å². The number of aliphatic hydroxyl groups excluding tert-OH is 1. The molecule has 4 nitrogen and oxygen atoms in total. The molecular weight excluding hydrogens is 357 g/mol. The lowest BCUT2D eigenvalue weighted by Gasteiger charge is -2.22. The van der Waals surface area contributed by atoms with E-state index in [9.17, 15) is 0 Å². The van der Waals surface area contributed by atoms with E-state index in [0.29, 0.717) is 34.7 Å². The highest BCUT2D eigenvalue weighted by Crippen LogP contribution is 2.25. The van der Waals surface area contributed by atoms with Gasteiger partial charge in [-0.25, -0.2) is 0 Å². The Labute approximate surface area is 151 Å². The molecular formula is C16H20Cl3N3O. The van der Waals surface area contributed by atoms with Gasteiger partial charge in [0.05, 0.1) is 15.7 Å². The molecule has 0 spiro atoms. The number of hydrogen-bond donors (Lipinski definition) is 1. The Hall–Kier alpha value is -0.780. The standard InChI is InChI=1S/C16H20Cl3N3O/c1-11-13(16(19)21(2)20-11)10-22(6-3-7-23)9-12-4-5-14(17)15(18)8-12/h4-5,8,23H,3,6-7,9-10H2,1-2H3. The van der Waals surface area contributed by atoms with Crippen molar-refractivity contribution in [2.24, 2.45) is 7.05 Å². The van der Waals surface area contributed by atoms with E-state index in [1.807, 2.05) is 26.1 Å². The van der Waals surface area contributed by atoms with Crippen molar-refractivity contribution in [3.63, 3.8) is 0 Å². The molecule has 0 aliphatic rings. The Morgan fingerprint density at radius 2 is 1.91 bits per heavy atom. The van der Waals surface area contributed by atoms with Crippen LogP contribution >= 0.6 is 34.8 Å². The minimum atomic E-state index is 0.150. The third kappa shape index (κ3) is 4.85. The fraction of sp³-hybridized carbons (Fsp3) is 0.438. The zero-order chi connectivity index (χ0) is 17.0. The Morgan fingerprint density at radius 3 is 2.48 bits per heavy atom. The summed E-state index contributed by atoms with van der Waals surface area (Å²) in [7, 11) is 1.83. The van der Waals surface area contributed by atoms with Gasteiger partial charge in [0.2, 0.25) is 0 Å². The van der Waals surface area contributed by atoms with E-state index < -0.39 is 0 Å². The maximum atomic E-state index is 9.13. The molecule has 0 saturated heterocycles. The van der Waals surface area contributed by atoms with Gasteiger partial charge in [0.1, 0.15) is 5.15 Å². The molecule has 0 fully saturated rings. The quantitative estimate of drug-likeness (QED) is 0.792. The summed E-state index contributed by atoms with van der Waals surface area (Å²) < 4.78 is 1.68. The van der Waals surface area contributed by atoms with Crippen LogP contribution in [0.5, 0.6) is 0 Å². The zero-order valence-electron chi connectivity index (χ0n) is 13.2. The number of rotatable bonds is 7. The number of nitrogens with zero attached hydrogens (tertiary/aromatic N) is 3. The van der Waals surface area contributed by atoms with Crippen molar-refractivity contribution in [1.29, 1.82) is 0 Å². The van der Waals surface area contributed by atoms with E-state index in [4.69, 9.17) is 39.9 Å². The highest BCUT2D eigenvalue weighted by molar-refractivity contribution is 6.42. The molecule has 0 saturated carbocycles. The van der Waals surface area contributed by atoms with Gasteiger partial charge in [-0.05, 0) is 31.0 Å². The highest BCUT2D eigenvalue weighted by atomic mass is 35.5. The first-order valence-electron chi connectivity index (χ1n) is 7.37. The number of benzene rings is 1. The van der Waals surface area contributed by atoms with Crippen LogP contribution in [0.25, 0.3) is 0 Å². The molecule has 1 heterocycles. The zero-order valence-corrected chi connectivity index (χ0v) is 15.5. The van der Waals surface area contributed by atoms with Crippen molar-refractivity contribution in [3.8, 4) is 0 Å². The SMILES string of the molecule is Cc1nn(C)c(Cl)c1CN(CCCO)Cc1ccc(Cl)c(Cl)c1. The summed E-state index contributed by atoms with van der Waals surface area (Å²) in [6.45, 7) is 4.21. The summed E-state index contributed by atoms with van der Waals surface area (Å²) in [5.74, 6) is 0. The van der Waals surface area contributed by atoms with E-state index in [-0.39, 0.29) is 6.61 Å². The Balaban J connectivity index is 2.17. The van der Waals surface area contributed by atoms with Gasteiger partial charge in [0.25, 0.3) is 0 Å². The summed E-state index contributed by atoms with van der Waals surface area (Å²) in [6, 6.07) is 5.62. The van der Waals surface area contributed by atoms with Crippen molar-refractivity contribution < 1.29 is 5.11 Å². The minimum absolute atomic E-state index is 0.150. The van der Waals surface area contributed by atoms with Crippen molar-refractivity contribution in [2.75, 3.05) is 13.2 Å². The average molecular weight is 377 g/mol. The number of halogens is 3. The van der Waals surface area contributed by atoms with Gasteiger partial charge < -0.3 is 5.11 Å². The van der Waals surface area contributed by atoms with Crippen LogP contribution in [-0.2, 0) is 20.1 Å². The molecule has 0 aliphatic heterocycles. The van der Waals surface area contributed by atoms with Crippen LogP contribution in [0.4, 0.5) is 0 Å². The van der Waals surface area contributed by atoms with Crippen molar-refractivity contribution in [3.05, 3.63) is 50.2 Å². The molecule has 2 rings (SSSR count).